The molecule has 0 bridgehead atoms. The molecule has 0 spiro atoms. The average molecular weight is 451 g/mol. The third kappa shape index (κ3) is 3.69. The number of H-pyrrole nitrogens is 1. The van der Waals surface area contributed by atoms with E-state index >= 15 is 0 Å². The standard InChI is InChI=1S/C26H21N5O3/c1-30-11-10-18-12-20(8-9-22(18)30)31-25(28-29-26(31)34)21-13-19(23(32)14-24(21)33)7-6-16-2-4-17(15-27)5-3-16/h2-5,8-14,32-33H,6-7H2,1H3,(H,29,34). The zero-order valence-electron chi connectivity index (χ0n) is 18.4. The normalized spacial score (nSPS) is 11.1. The Bertz CT molecular complexity index is 1620. The number of aryl methyl sites for hydroxylation is 3. The lowest BCUT2D eigenvalue weighted by Crippen LogP contribution is -2.15. The van der Waals surface area contributed by atoms with Crippen molar-refractivity contribution in [1.29, 1.82) is 5.26 Å². The zero-order chi connectivity index (χ0) is 23.8. The Kier molecular flexibility index (Phi) is 5.15. The van der Waals surface area contributed by atoms with Crippen molar-refractivity contribution in [2.24, 2.45) is 7.05 Å². The molecule has 3 N–H and O–H groups in total. The summed E-state index contributed by atoms with van der Waals surface area (Å²) in [5.74, 6) is 0.0306. The van der Waals surface area contributed by atoms with Crippen LogP contribution in [0.1, 0.15) is 16.7 Å². The summed E-state index contributed by atoms with van der Waals surface area (Å²) < 4.78 is 3.40. The van der Waals surface area contributed by atoms with E-state index in [2.05, 4.69) is 16.3 Å². The lowest BCUT2D eigenvalue weighted by atomic mass is 10.00. The van der Waals surface area contributed by atoms with Crippen LogP contribution in [0, 0.1) is 11.3 Å². The van der Waals surface area contributed by atoms with Crippen molar-refractivity contribution in [1.82, 2.24) is 19.3 Å². The summed E-state index contributed by atoms with van der Waals surface area (Å²) in [4.78, 5) is 12.7. The highest BCUT2D eigenvalue weighted by atomic mass is 16.3. The van der Waals surface area contributed by atoms with Crippen molar-refractivity contribution in [3.63, 3.8) is 0 Å². The molecule has 5 rings (SSSR count). The zero-order valence-corrected chi connectivity index (χ0v) is 18.4. The monoisotopic (exact) mass is 451 g/mol. The average Bonchev–Trinajstić information content (AvgIpc) is 3.41. The van der Waals surface area contributed by atoms with Gasteiger partial charge in [0.2, 0.25) is 0 Å². The highest BCUT2D eigenvalue weighted by Gasteiger charge is 2.19. The number of fused-ring (bicyclic) bond motifs is 1. The minimum atomic E-state index is -0.433. The molecular formula is C26H21N5O3. The van der Waals surface area contributed by atoms with E-state index in [4.69, 9.17) is 5.26 Å². The molecule has 2 heterocycles. The topological polar surface area (TPSA) is 120 Å². The van der Waals surface area contributed by atoms with Gasteiger partial charge < -0.3 is 14.8 Å². The Labute approximate surface area is 194 Å². The Hall–Kier alpha value is -4.77. The maximum absolute atomic E-state index is 12.7. The van der Waals surface area contributed by atoms with E-state index in [9.17, 15) is 15.0 Å². The first kappa shape index (κ1) is 21.1. The van der Waals surface area contributed by atoms with E-state index in [0.29, 0.717) is 35.2 Å². The molecule has 0 saturated carbocycles. The van der Waals surface area contributed by atoms with Gasteiger partial charge in [-0.3, -0.25) is 0 Å². The molecule has 0 unspecified atom stereocenters. The molecule has 34 heavy (non-hydrogen) atoms. The number of hydrogen-bond acceptors (Lipinski definition) is 5. The van der Waals surface area contributed by atoms with Crippen LogP contribution in [0.2, 0.25) is 0 Å². The van der Waals surface area contributed by atoms with Gasteiger partial charge in [0.25, 0.3) is 0 Å². The van der Waals surface area contributed by atoms with E-state index in [-0.39, 0.29) is 17.3 Å². The summed E-state index contributed by atoms with van der Waals surface area (Å²) >= 11 is 0. The summed E-state index contributed by atoms with van der Waals surface area (Å²) in [5, 5.41) is 37.6. The number of phenolic OH excluding ortho intramolecular Hbond substituents is 2. The van der Waals surface area contributed by atoms with Crippen molar-refractivity contribution < 1.29 is 10.2 Å². The van der Waals surface area contributed by atoms with Gasteiger partial charge in [0, 0.05) is 30.2 Å². The number of nitrogens with zero attached hydrogens (tertiary/aromatic N) is 4. The Morgan fingerprint density at radius 2 is 1.79 bits per heavy atom. The van der Waals surface area contributed by atoms with E-state index in [1.165, 1.54) is 10.6 Å². The summed E-state index contributed by atoms with van der Waals surface area (Å²) in [7, 11) is 1.95. The van der Waals surface area contributed by atoms with Crippen molar-refractivity contribution >= 4 is 10.9 Å². The molecule has 0 aliphatic heterocycles. The number of hydrogen-bond donors (Lipinski definition) is 3. The van der Waals surface area contributed by atoms with Gasteiger partial charge in [0.15, 0.2) is 5.82 Å². The molecule has 168 valence electrons. The van der Waals surface area contributed by atoms with Crippen LogP contribution in [0.4, 0.5) is 0 Å². The Balaban J connectivity index is 1.52. The number of rotatable bonds is 5. The Morgan fingerprint density at radius 3 is 2.56 bits per heavy atom. The first-order valence-corrected chi connectivity index (χ1v) is 10.7. The van der Waals surface area contributed by atoms with Crippen molar-refractivity contribution in [2.75, 3.05) is 0 Å². The number of nitriles is 1. The van der Waals surface area contributed by atoms with Crippen molar-refractivity contribution in [3.8, 4) is 34.6 Å². The fraction of sp³-hybridized carbons (Fsp3) is 0.115. The van der Waals surface area contributed by atoms with Crippen molar-refractivity contribution in [2.45, 2.75) is 12.8 Å². The van der Waals surface area contributed by atoms with Crippen LogP contribution < -0.4 is 5.69 Å². The van der Waals surface area contributed by atoms with Gasteiger partial charge in [-0.2, -0.15) is 10.4 Å². The van der Waals surface area contributed by atoms with Gasteiger partial charge in [0.1, 0.15) is 11.5 Å². The Morgan fingerprint density at radius 1 is 1.00 bits per heavy atom. The second kappa shape index (κ2) is 8.30. The quantitative estimate of drug-likeness (QED) is 0.376. The molecule has 2 aromatic heterocycles. The maximum Gasteiger partial charge on any atom is 0.348 e. The molecule has 8 nitrogen and oxygen atoms in total. The highest BCUT2D eigenvalue weighted by Crippen LogP contribution is 2.35. The van der Waals surface area contributed by atoms with E-state index in [1.807, 2.05) is 54.2 Å². The molecule has 8 heteroatoms. The van der Waals surface area contributed by atoms with Gasteiger partial charge in [-0.05, 0) is 66.4 Å². The van der Waals surface area contributed by atoms with Gasteiger partial charge in [-0.1, -0.05) is 12.1 Å². The number of phenols is 2. The lowest BCUT2D eigenvalue weighted by Gasteiger charge is -2.12. The molecule has 0 atom stereocenters. The molecule has 5 aromatic rings. The maximum atomic E-state index is 12.7. The molecule has 0 aliphatic rings. The summed E-state index contributed by atoms with van der Waals surface area (Å²) in [6.45, 7) is 0. The lowest BCUT2D eigenvalue weighted by molar-refractivity contribution is 0.446. The van der Waals surface area contributed by atoms with E-state index < -0.39 is 5.69 Å². The summed E-state index contributed by atoms with van der Waals surface area (Å²) in [6.07, 6.45) is 3.07. The van der Waals surface area contributed by atoms with Crippen LogP contribution in [0.15, 0.2) is 71.7 Å². The summed E-state index contributed by atoms with van der Waals surface area (Å²) in [6, 6.07) is 19.9. The van der Waals surface area contributed by atoms with Gasteiger partial charge in [-0.25, -0.2) is 14.5 Å². The molecule has 0 fully saturated rings. The summed E-state index contributed by atoms with van der Waals surface area (Å²) in [5.41, 5.74) is 3.75. The number of aromatic hydroxyl groups is 2. The molecule has 0 saturated heterocycles. The molecule has 0 amide bonds. The van der Waals surface area contributed by atoms with E-state index in [1.54, 1.807) is 18.2 Å². The van der Waals surface area contributed by atoms with Crippen LogP contribution >= 0.6 is 0 Å². The van der Waals surface area contributed by atoms with Crippen LogP contribution in [-0.4, -0.2) is 29.5 Å². The molecule has 0 aliphatic carbocycles. The molecular weight excluding hydrogens is 430 g/mol. The fourth-order valence-electron chi connectivity index (χ4n) is 4.15. The van der Waals surface area contributed by atoms with Crippen LogP contribution in [0.3, 0.4) is 0 Å². The number of nitrogens with one attached hydrogen (secondary N) is 1. The predicted molar refractivity (Wildman–Crippen MR) is 128 cm³/mol. The van der Waals surface area contributed by atoms with E-state index in [0.717, 1.165) is 16.5 Å². The fourth-order valence-corrected chi connectivity index (χ4v) is 4.15. The highest BCUT2D eigenvalue weighted by molar-refractivity contribution is 5.82. The molecule has 3 aromatic carbocycles. The minimum Gasteiger partial charge on any atom is -0.508 e. The third-order valence-corrected chi connectivity index (χ3v) is 6.00. The van der Waals surface area contributed by atoms with Crippen LogP contribution in [-0.2, 0) is 19.9 Å². The largest absolute Gasteiger partial charge is 0.508 e. The van der Waals surface area contributed by atoms with Crippen LogP contribution in [0.25, 0.3) is 28.0 Å². The second-order valence-corrected chi connectivity index (χ2v) is 8.16. The van der Waals surface area contributed by atoms with Gasteiger partial charge in [0.05, 0.1) is 22.9 Å². The van der Waals surface area contributed by atoms with Gasteiger partial charge >= 0.3 is 5.69 Å². The smallest absolute Gasteiger partial charge is 0.348 e. The SMILES string of the molecule is Cn1ccc2cc(-n3c(-c4cc(CCc5ccc(C#N)cc5)c(O)cc4O)n[nH]c3=O)ccc21. The van der Waals surface area contributed by atoms with Crippen LogP contribution in [0.5, 0.6) is 11.5 Å². The first-order chi connectivity index (χ1) is 16.4. The van der Waals surface area contributed by atoms with Gasteiger partial charge in [-0.15, -0.1) is 0 Å². The van der Waals surface area contributed by atoms with Crippen molar-refractivity contribution in [3.05, 3.63) is 94.0 Å². The number of aromatic amines is 1. The second-order valence-electron chi connectivity index (χ2n) is 8.16. The third-order valence-electron chi connectivity index (χ3n) is 6.00. The number of aromatic nitrogens is 4. The number of benzene rings is 3. The minimum absolute atomic E-state index is 0.0370. The first-order valence-electron chi connectivity index (χ1n) is 10.7. The predicted octanol–water partition coefficient (Wildman–Crippen LogP) is 3.79. The molecule has 0 radical (unpaired) electrons.